The first-order valence-corrected chi connectivity index (χ1v) is 7.09. The third-order valence-corrected chi connectivity index (χ3v) is 3.41. The molecular weight excluding hydrogens is 328 g/mol. The summed E-state index contributed by atoms with van der Waals surface area (Å²) >= 11 is 0.951. The van der Waals surface area contributed by atoms with Gasteiger partial charge in [0, 0.05) is 17.8 Å². The summed E-state index contributed by atoms with van der Waals surface area (Å²) in [6, 6.07) is 5.51. The van der Waals surface area contributed by atoms with E-state index in [-0.39, 0.29) is 22.3 Å². The smallest absolute Gasteiger partial charge is 0.325 e. The molecule has 23 heavy (non-hydrogen) atoms. The van der Waals surface area contributed by atoms with Gasteiger partial charge in [0.2, 0.25) is 11.1 Å². The van der Waals surface area contributed by atoms with Gasteiger partial charge in [-0.25, -0.2) is 4.68 Å². The van der Waals surface area contributed by atoms with E-state index >= 15 is 0 Å². The number of carboxylic acids is 1. The maximum Gasteiger partial charge on any atom is 0.325 e. The Labute approximate surface area is 132 Å². The molecule has 0 fully saturated rings. The molecule has 0 aliphatic rings. The van der Waals surface area contributed by atoms with Gasteiger partial charge >= 0.3 is 5.97 Å². The van der Waals surface area contributed by atoms with Gasteiger partial charge in [0.1, 0.15) is 6.54 Å². The van der Waals surface area contributed by atoms with E-state index in [9.17, 15) is 19.7 Å². The van der Waals surface area contributed by atoms with Crippen LogP contribution in [0.1, 0.15) is 0 Å². The van der Waals surface area contributed by atoms with Crippen LogP contribution in [-0.2, 0) is 16.1 Å². The average Bonchev–Trinajstić information content (AvgIpc) is 2.92. The van der Waals surface area contributed by atoms with Crippen LogP contribution in [-0.4, -0.2) is 47.9 Å². The van der Waals surface area contributed by atoms with Gasteiger partial charge in [-0.2, -0.15) is 0 Å². The molecule has 0 unspecified atom stereocenters. The van der Waals surface area contributed by atoms with Crippen LogP contribution in [0, 0.1) is 10.1 Å². The molecule has 11 nitrogen and oxygen atoms in total. The minimum absolute atomic E-state index is 0.0807. The number of rotatable bonds is 7. The molecule has 0 spiro atoms. The molecule has 0 saturated carbocycles. The molecule has 0 aliphatic heterocycles. The van der Waals surface area contributed by atoms with Crippen LogP contribution in [0.3, 0.4) is 0 Å². The van der Waals surface area contributed by atoms with E-state index in [1.165, 1.54) is 24.3 Å². The molecule has 1 amide bonds. The monoisotopic (exact) mass is 338 g/mol. The van der Waals surface area contributed by atoms with Crippen LogP contribution in [0.25, 0.3) is 0 Å². The molecule has 0 aliphatic carbocycles. The van der Waals surface area contributed by atoms with Crippen LogP contribution in [0.5, 0.6) is 0 Å². The van der Waals surface area contributed by atoms with Crippen LogP contribution in [0.15, 0.2) is 29.4 Å². The number of hydrogen-bond acceptors (Lipinski definition) is 8. The number of aromatic nitrogens is 4. The molecule has 12 heteroatoms. The van der Waals surface area contributed by atoms with E-state index in [1.54, 1.807) is 0 Å². The zero-order valence-electron chi connectivity index (χ0n) is 11.4. The first kappa shape index (κ1) is 16.4. The van der Waals surface area contributed by atoms with Crippen molar-refractivity contribution in [3.63, 3.8) is 0 Å². The fraction of sp³-hybridized carbons (Fsp3) is 0.182. The van der Waals surface area contributed by atoms with Crippen molar-refractivity contribution in [3.8, 4) is 0 Å². The number of anilines is 1. The number of hydrogen-bond donors (Lipinski definition) is 2. The lowest BCUT2D eigenvalue weighted by Gasteiger charge is -2.04. The number of nitrogens with one attached hydrogen (secondary N) is 1. The Morgan fingerprint density at radius 1 is 1.43 bits per heavy atom. The first-order chi connectivity index (χ1) is 11.0. The van der Waals surface area contributed by atoms with Gasteiger partial charge in [0.05, 0.1) is 10.7 Å². The number of nitro benzene ring substituents is 1. The summed E-state index contributed by atoms with van der Waals surface area (Å²) in [7, 11) is 0. The lowest BCUT2D eigenvalue weighted by atomic mass is 10.3. The lowest BCUT2D eigenvalue weighted by Crippen LogP contribution is -2.16. The predicted octanol–water partition coefficient (Wildman–Crippen LogP) is 0.397. The molecule has 2 aromatic rings. The van der Waals surface area contributed by atoms with Crippen LogP contribution in [0.4, 0.5) is 11.4 Å². The largest absolute Gasteiger partial charge is 0.480 e. The van der Waals surface area contributed by atoms with Crippen molar-refractivity contribution in [3.05, 3.63) is 34.4 Å². The summed E-state index contributed by atoms with van der Waals surface area (Å²) in [5.74, 6) is -1.62. The second kappa shape index (κ2) is 7.31. The maximum atomic E-state index is 11.8. The van der Waals surface area contributed by atoms with Crippen LogP contribution < -0.4 is 5.32 Å². The molecule has 1 heterocycles. The summed E-state index contributed by atoms with van der Waals surface area (Å²) in [5.41, 5.74) is 0.149. The Morgan fingerprint density at radius 3 is 2.91 bits per heavy atom. The minimum Gasteiger partial charge on any atom is -0.480 e. The van der Waals surface area contributed by atoms with E-state index in [0.29, 0.717) is 0 Å². The third-order valence-electron chi connectivity index (χ3n) is 2.46. The number of benzene rings is 1. The second-order valence-electron chi connectivity index (χ2n) is 4.16. The number of thioether (sulfide) groups is 1. The molecule has 2 N–H and O–H groups in total. The van der Waals surface area contributed by atoms with E-state index in [1.807, 2.05) is 0 Å². The van der Waals surface area contributed by atoms with Crippen molar-refractivity contribution in [1.82, 2.24) is 20.2 Å². The predicted molar refractivity (Wildman–Crippen MR) is 77.9 cm³/mol. The Balaban J connectivity index is 1.93. The lowest BCUT2D eigenvalue weighted by molar-refractivity contribution is -0.384. The Kier molecular flexibility index (Phi) is 5.19. The number of tetrazole rings is 1. The summed E-state index contributed by atoms with van der Waals surface area (Å²) in [5, 5.41) is 32.5. The minimum atomic E-state index is -1.11. The number of nitro groups is 1. The average molecular weight is 338 g/mol. The number of nitrogens with zero attached hydrogens (tertiary/aromatic N) is 5. The van der Waals surface area contributed by atoms with Gasteiger partial charge in [0.25, 0.3) is 5.69 Å². The fourth-order valence-electron chi connectivity index (χ4n) is 1.55. The molecule has 0 atom stereocenters. The highest BCUT2D eigenvalue weighted by atomic mass is 32.2. The maximum absolute atomic E-state index is 11.8. The van der Waals surface area contributed by atoms with E-state index in [2.05, 4.69) is 20.8 Å². The molecule has 0 saturated heterocycles. The highest BCUT2D eigenvalue weighted by Gasteiger charge is 2.13. The van der Waals surface area contributed by atoms with Crippen molar-refractivity contribution < 1.29 is 19.6 Å². The van der Waals surface area contributed by atoms with Gasteiger partial charge in [-0.3, -0.25) is 19.7 Å². The Morgan fingerprint density at radius 2 is 2.22 bits per heavy atom. The second-order valence-corrected chi connectivity index (χ2v) is 5.10. The van der Waals surface area contributed by atoms with Crippen molar-refractivity contribution >= 4 is 35.0 Å². The summed E-state index contributed by atoms with van der Waals surface area (Å²) in [6.45, 7) is -0.415. The van der Waals surface area contributed by atoms with Crippen LogP contribution >= 0.6 is 11.8 Å². The summed E-state index contributed by atoms with van der Waals surface area (Å²) < 4.78 is 1.05. The Hall–Kier alpha value is -3.02. The van der Waals surface area contributed by atoms with Gasteiger partial charge in [-0.15, -0.1) is 5.10 Å². The number of amides is 1. The van der Waals surface area contributed by atoms with Gasteiger partial charge in [-0.1, -0.05) is 17.8 Å². The molecular formula is C11H10N6O5S. The number of carboxylic acid groups (broad SMARTS) is 1. The number of carbonyl (C=O) groups is 2. The first-order valence-electron chi connectivity index (χ1n) is 6.11. The number of aliphatic carboxylic acids is 1. The standard InChI is InChI=1S/C11H10N6O5S/c18-9(12-7-2-1-3-8(4-7)17(21)22)6-23-11-13-14-15-16(11)5-10(19)20/h1-4H,5-6H2,(H,12,18)(H,19,20). The highest BCUT2D eigenvalue weighted by molar-refractivity contribution is 7.99. The van der Waals surface area contributed by atoms with E-state index in [4.69, 9.17) is 5.11 Å². The summed E-state index contributed by atoms with van der Waals surface area (Å²) in [4.78, 5) is 32.5. The van der Waals surface area contributed by atoms with E-state index < -0.39 is 23.3 Å². The quantitative estimate of drug-likeness (QED) is 0.414. The number of non-ortho nitro benzene ring substituents is 1. The molecule has 1 aromatic heterocycles. The summed E-state index contributed by atoms with van der Waals surface area (Å²) in [6.07, 6.45) is 0. The molecule has 0 bridgehead atoms. The number of carbonyl (C=O) groups excluding carboxylic acids is 1. The normalized spacial score (nSPS) is 10.3. The highest BCUT2D eigenvalue weighted by Crippen LogP contribution is 2.18. The van der Waals surface area contributed by atoms with Crippen molar-refractivity contribution in [1.29, 1.82) is 0 Å². The van der Waals surface area contributed by atoms with Gasteiger partial charge in [0.15, 0.2) is 0 Å². The van der Waals surface area contributed by atoms with Gasteiger partial charge in [-0.05, 0) is 16.5 Å². The Bertz CT molecular complexity index is 748. The van der Waals surface area contributed by atoms with E-state index in [0.717, 1.165) is 16.4 Å². The molecule has 0 radical (unpaired) electrons. The zero-order chi connectivity index (χ0) is 16.8. The van der Waals surface area contributed by atoms with Crippen molar-refractivity contribution in [2.45, 2.75) is 11.7 Å². The molecule has 1 aromatic carbocycles. The SMILES string of the molecule is O=C(O)Cn1nnnc1SCC(=O)Nc1cccc([N+](=O)[O-])c1. The molecule has 2 rings (SSSR count). The van der Waals surface area contributed by atoms with Crippen LogP contribution in [0.2, 0.25) is 0 Å². The topological polar surface area (TPSA) is 153 Å². The van der Waals surface area contributed by atoms with Crippen molar-refractivity contribution in [2.75, 3.05) is 11.1 Å². The fourth-order valence-corrected chi connectivity index (χ4v) is 2.23. The van der Waals surface area contributed by atoms with Gasteiger partial charge < -0.3 is 10.4 Å². The third kappa shape index (κ3) is 4.74. The van der Waals surface area contributed by atoms with Crippen molar-refractivity contribution in [2.24, 2.45) is 0 Å². The zero-order valence-corrected chi connectivity index (χ0v) is 12.3. The molecule has 120 valence electrons.